The molecule has 108 valence electrons. The summed E-state index contributed by atoms with van der Waals surface area (Å²) in [5.74, 6) is 0. The highest BCUT2D eigenvalue weighted by Gasteiger charge is 2.07. The predicted octanol–water partition coefficient (Wildman–Crippen LogP) is 5.88. The van der Waals surface area contributed by atoms with E-state index in [1.165, 1.54) is 37.7 Å². The van der Waals surface area contributed by atoms with Gasteiger partial charge < -0.3 is 5.73 Å². The first-order chi connectivity index (χ1) is 11.3. The Hall–Kier alpha value is -3.06. The summed E-state index contributed by atoms with van der Waals surface area (Å²) in [6.45, 7) is 0. The van der Waals surface area contributed by atoms with Crippen LogP contribution in [-0.4, -0.2) is 0 Å². The SMILES string of the molecule is Nc1cccc2c1ccc1c2ccc2c3ccccc3ccc21. The van der Waals surface area contributed by atoms with Crippen LogP contribution < -0.4 is 5.73 Å². The van der Waals surface area contributed by atoms with Crippen LogP contribution in [0.15, 0.2) is 78.9 Å². The average molecular weight is 293 g/mol. The van der Waals surface area contributed by atoms with Crippen molar-refractivity contribution in [3.8, 4) is 0 Å². The highest BCUT2D eigenvalue weighted by molar-refractivity contribution is 6.22. The van der Waals surface area contributed by atoms with E-state index in [9.17, 15) is 0 Å². The topological polar surface area (TPSA) is 26.0 Å². The maximum atomic E-state index is 6.13. The monoisotopic (exact) mass is 293 g/mol. The molecule has 0 aliphatic carbocycles. The number of nitrogen functional groups attached to an aromatic ring is 1. The molecule has 0 amide bonds. The minimum absolute atomic E-state index is 0.836. The van der Waals surface area contributed by atoms with Crippen LogP contribution in [0.5, 0.6) is 0 Å². The van der Waals surface area contributed by atoms with Gasteiger partial charge in [0.05, 0.1) is 0 Å². The Morgan fingerprint density at radius 1 is 0.391 bits per heavy atom. The smallest absolute Gasteiger partial charge is 0.0393 e. The van der Waals surface area contributed by atoms with Gasteiger partial charge in [-0.05, 0) is 43.8 Å². The van der Waals surface area contributed by atoms with Crippen LogP contribution in [0.4, 0.5) is 5.69 Å². The number of fused-ring (bicyclic) bond motifs is 7. The number of hydrogen-bond donors (Lipinski definition) is 1. The van der Waals surface area contributed by atoms with Crippen molar-refractivity contribution in [2.24, 2.45) is 0 Å². The van der Waals surface area contributed by atoms with Gasteiger partial charge in [-0.15, -0.1) is 0 Å². The molecule has 0 aromatic heterocycles. The van der Waals surface area contributed by atoms with Gasteiger partial charge in [0.15, 0.2) is 0 Å². The highest BCUT2D eigenvalue weighted by atomic mass is 14.5. The van der Waals surface area contributed by atoms with Gasteiger partial charge in [0, 0.05) is 11.1 Å². The van der Waals surface area contributed by atoms with Gasteiger partial charge in [0.1, 0.15) is 0 Å². The second-order valence-electron chi connectivity index (χ2n) is 6.05. The summed E-state index contributed by atoms with van der Waals surface area (Å²) < 4.78 is 0. The van der Waals surface area contributed by atoms with Crippen LogP contribution in [0.1, 0.15) is 0 Å². The van der Waals surface area contributed by atoms with Crippen molar-refractivity contribution in [3.63, 3.8) is 0 Å². The summed E-state index contributed by atoms with van der Waals surface area (Å²) in [5.41, 5.74) is 6.97. The van der Waals surface area contributed by atoms with Crippen molar-refractivity contribution in [3.05, 3.63) is 78.9 Å². The van der Waals surface area contributed by atoms with Crippen LogP contribution >= 0.6 is 0 Å². The normalized spacial score (nSPS) is 11.7. The first-order valence-electron chi connectivity index (χ1n) is 7.84. The van der Waals surface area contributed by atoms with Crippen molar-refractivity contribution < 1.29 is 0 Å². The molecule has 2 N–H and O–H groups in total. The Labute approximate surface area is 133 Å². The molecule has 0 atom stereocenters. The van der Waals surface area contributed by atoms with E-state index in [-0.39, 0.29) is 0 Å². The maximum Gasteiger partial charge on any atom is 0.0393 e. The Morgan fingerprint density at radius 2 is 0.913 bits per heavy atom. The van der Waals surface area contributed by atoms with Crippen LogP contribution in [0.3, 0.4) is 0 Å². The maximum absolute atomic E-state index is 6.13. The van der Waals surface area contributed by atoms with Crippen LogP contribution in [0, 0.1) is 0 Å². The number of nitrogens with two attached hydrogens (primary N) is 1. The Balaban J connectivity index is 2.03. The van der Waals surface area contributed by atoms with E-state index in [0.29, 0.717) is 0 Å². The highest BCUT2D eigenvalue weighted by Crippen LogP contribution is 2.35. The molecular formula is C22H15N. The second-order valence-corrected chi connectivity index (χ2v) is 6.05. The molecule has 5 aromatic carbocycles. The molecule has 5 rings (SSSR count). The summed E-state index contributed by atoms with van der Waals surface area (Å²) in [6, 6.07) is 28.0. The molecular weight excluding hydrogens is 278 g/mol. The molecule has 0 bridgehead atoms. The number of anilines is 1. The van der Waals surface area contributed by atoms with E-state index in [1.54, 1.807) is 0 Å². The zero-order valence-electron chi connectivity index (χ0n) is 12.6. The molecule has 0 saturated heterocycles. The summed E-state index contributed by atoms with van der Waals surface area (Å²) in [4.78, 5) is 0. The lowest BCUT2D eigenvalue weighted by molar-refractivity contribution is 1.76. The molecule has 23 heavy (non-hydrogen) atoms. The average Bonchev–Trinajstić information content (AvgIpc) is 2.61. The van der Waals surface area contributed by atoms with E-state index < -0.39 is 0 Å². The van der Waals surface area contributed by atoms with Crippen molar-refractivity contribution in [2.45, 2.75) is 0 Å². The van der Waals surface area contributed by atoms with Gasteiger partial charge in [0.2, 0.25) is 0 Å². The van der Waals surface area contributed by atoms with Crippen molar-refractivity contribution in [1.82, 2.24) is 0 Å². The zero-order valence-corrected chi connectivity index (χ0v) is 12.6. The van der Waals surface area contributed by atoms with Crippen LogP contribution in [-0.2, 0) is 0 Å². The molecule has 0 saturated carbocycles. The predicted molar refractivity (Wildman–Crippen MR) is 101 cm³/mol. The number of hydrogen-bond acceptors (Lipinski definition) is 1. The third-order valence-corrected chi connectivity index (χ3v) is 4.81. The quantitative estimate of drug-likeness (QED) is 0.280. The third kappa shape index (κ3) is 1.68. The summed E-state index contributed by atoms with van der Waals surface area (Å²) >= 11 is 0. The molecule has 0 aliphatic rings. The lowest BCUT2D eigenvalue weighted by Crippen LogP contribution is -1.87. The lowest BCUT2D eigenvalue weighted by atomic mass is 9.94. The Morgan fingerprint density at radius 3 is 1.70 bits per heavy atom. The molecule has 0 fully saturated rings. The third-order valence-electron chi connectivity index (χ3n) is 4.81. The summed E-state index contributed by atoms with van der Waals surface area (Å²) in [7, 11) is 0. The molecule has 1 nitrogen and oxygen atoms in total. The van der Waals surface area contributed by atoms with E-state index in [4.69, 9.17) is 5.73 Å². The first-order valence-corrected chi connectivity index (χ1v) is 7.84. The lowest BCUT2D eigenvalue weighted by Gasteiger charge is -2.10. The fourth-order valence-electron chi connectivity index (χ4n) is 3.70. The molecule has 0 aliphatic heterocycles. The number of rotatable bonds is 0. The molecule has 0 heterocycles. The molecule has 0 radical (unpaired) electrons. The fraction of sp³-hybridized carbons (Fsp3) is 0. The molecule has 0 spiro atoms. The number of benzene rings is 5. The molecule has 0 unspecified atom stereocenters. The van der Waals surface area contributed by atoms with Gasteiger partial charge >= 0.3 is 0 Å². The largest absolute Gasteiger partial charge is 0.398 e. The standard InChI is InChI=1S/C22H15N/c23-22-7-3-6-16-19-11-10-17-15-5-2-1-4-14(15)8-9-18(17)20(19)12-13-21(16)22/h1-13H,23H2. The van der Waals surface area contributed by atoms with Crippen LogP contribution in [0.2, 0.25) is 0 Å². The summed E-state index contributed by atoms with van der Waals surface area (Å²) in [5, 5.41) is 10.1. The second kappa shape index (κ2) is 4.47. The molecule has 1 heteroatoms. The minimum atomic E-state index is 0.836. The van der Waals surface area contributed by atoms with Gasteiger partial charge in [-0.1, -0.05) is 72.8 Å². The first kappa shape index (κ1) is 12.5. The minimum Gasteiger partial charge on any atom is -0.398 e. The fourth-order valence-corrected chi connectivity index (χ4v) is 3.70. The van der Waals surface area contributed by atoms with E-state index in [0.717, 1.165) is 11.1 Å². The van der Waals surface area contributed by atoms with E-state index in [2.05, 4.69) is 66.7 Å². The van der Waals surface area contributed by atoms with Gasteiger partial charge in [-0.25, -0.2) is 0 Å². The Bertz CT molecular complexity index is 1220. The van der Waals surface area contributed by atoms with Crippen molar-refractivity contribution in [2.75, 3.05) is 5.73 Å². The van der Waals surface area contributed by atoms with Crippen molar-refractivity contribution in [1.29, 1.82) is 0 Å². The van der Waals surface area contributed by atoms with Gasteiger partial charge in [0.25, 0.3) is 0 Å². The summed E-state index contributed by atoms with van der Waals surface area (Å²) in [6.07, 6.45) is 0. The van der Waals surface area contributed by atoms with Gasteiger partial charge in [-0.2, -0.15) is 0 Å². The van der Waals surface area contributed by atoms with E-state index >= 15 is 0 Å². The van der Waals surface area contributed by atoms with Crippen molar-refractivity contribution >= 4 is 48.8 Å². The molecule has 5 aromatic rings. The van der Waals surface area contributed by atoms with Crippen LogP contribution in [0.25, 0.3) is 43.1 Å². The van der Waals surface area contributed by atoms with E-state index in [1.807, 2.05) is 12.1 Å². The van der Waals surface area contributed by atoms with Gasteiger partial charge in [-0.3, -0.25) is 0 Å². The Kier molecular flexibility index (Phi) is 2.42. The zero-order chi connectivity index (χ0) is 15.4.